The summed E-state index contributed by atoms with van der Waals surface area (Å²) >= 11 is 0. The van der Waals surface area contributed by atoms with Crippen LogP contribution in [0.1, 0.15) is 0 Å². The Hall–Kier alpha value is -1.09. The molecule has 0 fully saturated rings. The van der Waals surface area contributed by atoms with E-state index in [1.165, 1.54) is 22.3 Å². The Balaban J connectivity index is 0.000001000. The van der Waals surface area contributed by atoms with Crippen LogP contribution in [-0.2, 0) is 0 Å². The fourth-order valence-corrected chi connectivity index (χ4v) is 2.07. The summed E-state index contributed by atoms with van der Waals surface area (Å²) in [5.41, 5.74) is 4.98. The smallest absolute Gasteiger partial charge is 1.00 e. The normalized spacial score (nSPS) is 9.20. The second kappa shape index (κ2) is 8.25. The fraction of sp³-hybridized carbons (Fsp3) is 0. The van der Waals surface area contributed by atoms with Gasteiger partial charge in [0.15, 0.2) is 0 Å². The Labute approximate surface area is 146 Å². The van der Waals surface area contributed by atoms with Gasteiger partial charge < -0.3 is 17.0 Å². The van der Waals surface area contributed by atoms with Crippen molar-refractivity contribution < 1.29 is 17.0 Å². The Morgan fingerprint density at radius 2 is 0.900 bits per heavy atom. The predicted molar refractivity (Wildman–Crippen MR) is 81.9 cm³/mol. The summed E-state index contributed by atoms with van der Waals surface area (Å²) in [4.78, 5) is 0. The van der Waals surface area contributed by atoms with E-state index in [1.807, 2.05) is 18.2 Å². The molecule has 0 spiro atoms. The number of rotatable bonds is 2. The van der Waals surface area contributed by atoms with E-state index in [0.717, 1.165) is 0 Å². The standard InChI is InChI=1S/C18H13.BrH.Mg/c1-3-7-15(8-4-1)17-11-13-18(14-12-17)16-9-5-2-6-10-16;;/h1,3-14H;1H;/q-1;;+2/p-1. The molecule has 0 amide bonds. The molecule has 0 aliphatic heterocycles. The molecule has 0 N–H and O–H groups in total. The van der Waals surface area contributed by atoms with Gasteiger partial charge in [0.25, 0.3) is 0 Å². The zero-order valence-corrected chi connectivity index (χ0v) is 14.1. The third-order valence-electron chi connectivity index (χ3n) is 3.04. The summed E-state index contributed by atoms with van der Waals surface area (Å²) in [7, 11) is 0. The summed E-state index contributed by atoms with van der Waals surface area (Å²) in [6.45, 7) is 0. The van der Waals surface area contributed by atoms with Gasteiger partial charge in [-0.3, -0.25) is 0 Å². The molecule has 3 aromatic rings. The van der Waals surface area contributed by atoms with Crippen molar-refractivity contribution in [2.24, 2.45) is 0 Å². The van der Waals surface area contributed by atoms with E-state index in [4.69, 9.17) is 0 Å². The predicted octanol–water partition coefficient (Wildman–Crippen LogP) is 1.44. The molecule has 20 heavy (non-hydrogen) atoms. The van der Waals surface area contributed by atoms with Gasteiger partial charge in [-0.25, -0.2) is 0 Å². The van der Waals surface area contributed by atoms with E-state index in [1.54, 1.807) is 0 Å². The Morgan fingerprint density at radius 1 is 0.500 bits per heavy atom. The topological polar surface area (TPSA) is 0 Å². The molecule has 0 heterocycles. The van der Waals surface area contributed by atoms with Crippen LogP contribution in [0.15, 0.2) is 78.9 Å². The van der Waals surface area contributed by atoms with E-state index >= 15 is 0 Å². The fourth-order valence-electron chi connectivity index (χ4n) is 2.07. The van der Waals surface area contributed by atoms with E-state index < -0.39 is 0 Å². The number of hydrogen-bond acceptors (Lipinski definition) is 0. The van der Waals surface area contributed by atoms with E-state index in [-0.39, 0.29) is 40.0 Å². The SMILES string of the molecule is [Br-].[Mg+2].[c-]1ccc(-c2ccc(-c3ccccc3)cc2)cc1. The molecular formula is C18H13BrMg. The van der Waals surface area contributed by atoms with Gasteiger partial charge in [-0.15, -0.1) is 5.56 Å². The molecule has 0 aliphatic rings. The van der Waals surface area contributed by atoms with Gasteiger partial charge >= 0.3 is 23.1 Å². The Morgan fingerprint density at radius 3 is 1.40 bits per heavy atom. The van der Waals surface area contributed by atoms with Gasteiger partial charge in [-0.05, 0) is 16.7 Å². The quantitative estimate of drug-likeness (QED) is 0.492. The summed E-state index contributed by atoms with van der Waals surface area (Å²) in [5, 5.41) is 0. The summed E-state index contributed by atoms with van der Waals surface area (Å²) in [6.07, 6.45) is 0. The number of halogens is 1. The summed E-state index contributed by atoms with van der Waals surface area (Å²) < 4.78 is 0. The van der Waals surface area contributed by atoms with Gasteiger partial charge in [0.05, 0.1) is 0 Å². The third kappa shape index (κ3) is 3.95. The van der Waals surface area contributed by atoms with Crippen LogP contribution in [0, 0.1) is 6.07 Å². The van der Waals surface area contributed by atoms with Crippen molar-refractivity contribution in [1.29, 1.82) is 0 Å². The van der Waals surface area contributed by atoms with Crippen molar-refractivity contribution in [3.05, 3.63) is 84.9 Å². The molecule has 2 heteroatoms. The molecule has 0 aromatic heterocycles. The van der Waals surface area contributed by atoms with Crippen molar-refractivity contribution in [2.45, 2.75) is 0 Å². The maximum atomic E-state index is 3.04. The minimum absolute atomic E-state index is 0. The maximum Gasteiger partial charge on any atom is 2.00 e. The Kier molecular flexibility index (Phi) is 7.00. The third-order valence-corrected chi connectivity index (χ3v) is 3.04. The van der Waals surface area contributed by atoms with Gasteiger partial charge in [-0.1, -0.05) is 54.6 Å². The number of hydrogen-bond donors (Lipinski definition) is 0. The van der Waals surface area contributed by atoms with E-state index in [0.29, 0.717) is 0 Å². The molecule has 0 saturated carbocycles. The first-order valence-electron chi connectivity index (χ1n) is 6.05. The number of benzene rings is 3. The van der Waals surface area contributed by atoms with Gasteiger partial charge in [0.1, 0.15) is 0 Å². The molecule has 94 valence electrons. The largest absolute Gasteiger partial charge is 2.00 e. The van der Waals surface area contributed by atoms with Gasteiger partial charge in [0.2, 0.25) is 0 Å². The Bertz CT molecular complexity index is 560. The van der Waals surface area contributed by atoms with Crippen molar-refractivity contribution in [2.75, 3.05) is 0 Å². The maximum absolute atomic E-state index is 3.04. The molecule has 0 bridgehead atoms. The van der Waals surface area contributed by atoms with Crippen LogP contribution < -0.4 is 17.0 Å². The van der Waals surface area contributed by atoms with E-state index in [9.17, 15) is 0 Å². The zero-order chi connectivity index (χ0) is 12.2. The molecule has 0 saturated heterocycles. The first-order chi connectivity index (χ1) is 8.93. The first kappa shape index (κ1) is 17.0. The first-order valence-corrected chi connectivity index (χ1v) is 6.05. The molecular weight excluding hydrogens is 320 g/mol. The van der Waals surface area contributed by atoms with Crippen LogP contribution in [0.2, 0.25) is 0 Å². The van der Waals surface area contributed by atoms with Crippen LogP contribution in [0.3, 0.4) is 0 Å². The molecule has 0 nitrogen and oxygen atoms in total. The van der Waals surface area contributed by atoms with Crippen LogP contribution in [0.4, 0.5) is 0 Å². The summed E-state index contributed by atoms with van der Waals surface area (Å²) in [5.74, 6) is 0. The van der Waals surface area contributed by atoms with Crippen molar-refractivity contribution in [1.82, 2.24) is 0 Å². The molecule has 0 atom stereocenters. The summed E-state index contributed by atoms with van der Waals surface area (Å²) in [6, 6.07) is 30.2. The van der Waals surface area contributed by atoms with Crippen molar-refractivity contribution >= 4 is 23.1 Å². The average molecular weight is 334 g/mol. The van der Waals surface area contributed by atoms with E-state index in [2.05, 4.69) is 66.7 Å². The minimum atomic E-state index is 0. The molecule has 0 radical (unpaired) electrons. The molecule has 3 rings (SSSR count). The van der Waals surface area contributed by atoms with Gasteiger partial charge in [0, 0.05) is 0 Å². The van der Waals surface area contributed by atoms with Crippen molar-refractivity contribution in [3.8, 4) is 22.3 Å². The van der Waals surface area contributed by atoms with Crippen LogP contribution in [0.5, 0.6) is 0 Å². The molecule has 0 unspecified atom stereocenters. The van der Waals surface area contributed by atoms with Crippen molar-refractivity contribution in [3.63, 3.8) is 0 Å². The second-order valence-corrected chi connectivity index (χ2v) is 4.23. The van der Waals surface area contributed by atoms with Crippen LogP contribution in [0.25, 0.3) is 22.3 Å². The molecule has 0 aliphatic carbocycles. The monoisotopic (exact) mass is 332 g/mol. The van der Waals surface area contributed by atoms with Gasteiger partial charge in [-0.2, -0.15) is 30.3 Å². The minimum Gasteiger partial charge on any atom is -1.00 e. The van der Waals surface area contributed by atoms with Crippen LogP contribution >= 0.6 is 0 Å². The second-order valence-electron chi connectivity index (χ2n) is 4.23. The zero-order valence-electron chi connectivity index (χ0n) is 11.1. The van der Waals surface area contributed by atoms with Crippen LogP contribution in [-0.4, -0.2) is 23.1 Å². The molecule has 3 aromatic carbocycles. The average Bonchev–Trinajstić information content (AvgIpc) is 2.49.